The molecule has 4 heteroatoms. The maximum Gasteiger partial charge on any atom is 0.312 e. The van der Waals surface area contributed by atoms with Crippen LogP contribution in [0.15, 0.2) is 28.7 Å². The maximum absolute atomic E-state index is 5.32. The van der Waals surface area contributed by atoms with Crippen LogP contribution < -0.4 is 5.73 Å². The van der Waals surface area contributed by atoms with E-state index in [2.05, 4.69) is 16.3 Å². The van der Waals surface area contributed by atoms with Crippen molar-refractivity contribution in [3.05, 3.63) is 41.3 Å². The Hall–Kier alpha value is -1.84. The molecule has 0 radical (unpaired) electrons. The van der Waals surface area contributed by atoms with E-state index in [-0.39, 0.29) is 6.01 Å². The Kier molecular flexibility index (Phi) is 2.18. The second kappa shape index (κ2) is 3.49. The van der Waals surface area contributed by atoms with Gasteiger partial charge in [-0.1, -0.05) is 34.9 Å². The number of rotatable bonds is 2. The Morgan fingerprint density at radius 2 is 2.21 bits per heavy atom. The van der Waals surface area contributed by atoms with Crippen molar-refractivity contribution in [2.24, 2.45) is 0 Å². The number of nitrogens with two attached hydrogens (primary N) is 1. The number of anilines is 1. The molecular weight excluding hydrogens is 178 g/mol. The van der Waals surface area contributed by atoms with Crippen LogP contribution in [0, 0.1) is 6.92 Å². The normalized spacial score (nSPS) is 10.4. The van der Waals surface area contributed by atoms with Crippen molar-refractivity contribution in [1.82, 2.24) is 10.2 Å². The SMILES string of the molecule is Cc1cccc(Cc2nnc(N)o2)c1. The van der Waals surface area contributed by atoms with Crippen LogP contribution in [0.5, 0.6) is 0 Å². The molecule has 14 heavy (non-hydrogen) atoms. The zero-order chi connectivity index (χ0) is 9.97. The lowest BCUT2D eigenvalue weighted by Crippen LogP contribution is -1.88. The predicted molar refractivity (Wildman–Crippen MR) is 52.7 cm³/mol. The first-order valence-corrected chi connectivity index (χ1v) is 4.37. The van der Waals surface area contributed by atoms with Gasteiger partial charge in [-0.25, -0.2) is 0 Å². The average Bonchev–Trinajstić information content (AvgIpc) is 2.51. The van der Waals surface area contributed by atoms with Crippen molar-refractivity contribution in [3.63, 3.8) is 0 Å². The largest absolute Gasteiger partial charge is 0.408 e. The molecule has 1 aromatic heterocycles. The molecule has 72 valence electrons. The van der Waals surface area contributed by atoms with Gasteiger partial charge in [0.15, 0.2) is 0 Å². The van der Waals surface area contributed by atoms with E-state index in [1.165, 1.54) is 5.56 Å². The summed E-state index contributed by atoms with van der Waals surface area (Å²) in [4.78, 5) is 0. The predicted octanol–water partition coefficient (Wildman–Crippen LogP) is 1.55. The van der Waals surface area contributed by atoms with E-state index in [0.717, 1.165) is 5.56 Å². The minimum absolute atomic E-state index is 0.118. The lowest BCUT2D eigenvalue weighted by Gasteiger charge is -1.97. The van der Waals surface area contributed by atoms with E-state index >= 15 is 0 Å². The summed E-state index contributed by atoms with van der Waals surface area (Å²) >= 11 is 0. The van der Waals surface area contributed by atoms with Crippen molar-refractivity contribution in [2.75, 3.05) is 5.73 Å². The second-order valence-electron chi connectivity index (χ2n) is 3.20. The Morgan fingerprint density at radius 3 is 2.86 bits per heavy atom. The highest BCUT2D eigenvalue weighted by molar-refractivity contribution is 5.24. The van der Waals surface area contributed by atoms with Gasteiger partial charge < -0.3 is 10.2 Å². The molecule has 2 aromatic rings. The summed E-state index contributed by atoms with van der Waals surface area (Å²) in [6, 6.07) is 8.27. The standard InChI is InChI=1S/C10H11N3O/c1-7-3-2-4-8(5-7)6-9-12-13-10(11)14-9/h2-5H,6H2,1H3,(H2,11,13). The van der Waals surface area contributed by atoms with Gasteiger partial charge in [0.05, 0.1) is 6.42 Å². The van der Waals surface area contributed by atoms with Crippen molar-refractivity contribution < 1.29 is 4.42 Å². The third-order valence-corrected chi connectivity index (χ3v) is 1.92. The van der Waals surface area contributed by atoms with Crippen molar-refractivity contribution >= 4 is 6.01 Å². The van der Waals surface area contributed by atoms with Crippen LogP contribution in [0.2, 0.25) is 0 Å². The van der Waals surface area contributed by atoms with Crippen LogP contribution in [0.4, 0.5) is 6.01 Å². The molecule has 0 saturated heterocycles. The molecule has 0 aliphatic carbocycles. The molecule has 2 N–H and O–H groups in total. The summed E-state index contributed by atoms with van der Waals surface area (Å²) in [6.07, 6.45) is 0.631. The summed E-state index contributed by atoms with van der Waals surface area (Å²) < 4.78 is 5.08. The van der Waals surface area contributed by atoms with Gasteiger partial charge in [0, 0.05) is 0 Å². The molecule has 1 aromatic carbocycles. The summed E-state index contributed by atoms with van der Waals surface area (Å²) in [5.74, 6) is 0.549. The summed E-state index contributed by atoms with van der Waals surface area (Å²) in [5.41, 5.74) is 7.69. The van der Waals surface area contributed by atoms with Gasteiger partial charge in [0.25, 0.3) is 0 Å². The molecule has 0 aliphatic heterocycles. The molecule has 0 atom stereocenters. The fourth-order valence-corrected chi connectivity index (χ4v) is 1.33. The monoisotopic (exact) mass is 189 g/mol. The quantitative estimate of drug-likeness (QED) is 0.778. The van der Waals surface area contributed by atoms with Crippen LogP contribution >= 0.6 is 0 Å². The third kappa shape index (κ3) is 1.90. The van der Waals surface area contributed by atoms with Crippen LogP contribution in [0.1, 0.15) is 17.0 Å². The van der Waals surface area contributed by atoms with Crippen molar-refractivity contribution in [2.45, 2.75) is 13.3 Å². The fourth-order valence-electron chi connectivity index (χ4n) is 1.33. The highest BCUT2D eigenvalue weighted by Gasteiger charge is 2.03. The number of nitrogens with zero attached hydrogens (tertiary/aromatic N) is 2. The fraction of sp³-hybridized carbons (Fsp3) is 0.200. The van der Waals surface area contributed by atoms with Crippen LogP contribution in [-0.2, 0) is 6.42 Å². The molecule has 0 amide bonds. The lowest BCUT2D eigenvalue weighted by atomic mass is 10.1. The number of nitrogen functional groups attached to an aromatic ring is 1. The minimum atomic E-state index is 0.118. The lowest BCUT2D eigenvalue weighted by molar-refractivity contribution is 0.522. The summed E-state index contributed by atoms with van der Waals surface area (Å²) in [7, 11) is 0. The molecular formula is C10H11N3O. The molecule has 0 unspecified atom stereocenters. The summed E-state index contributed by atoms with van der Waals surface area (Å²) in [6.45, 7) is 2.05. The molecule has 2 rings (SSSR count). The molecule has 0 bridgehead atoms. The van der Waals surface area contributed by atoms with Crippen LogP contribution in [0.3, 0.4) is 0 Å². The van der Waals surface area contributed by atoms with Gasteiger partial charge >= 0.3 is 6.01 Å². The van der Waals surface area contributed by atoms with Gasteiger partial charge in [-0.2, -0.15) is 0 Å². The first kappa shape index (κ1) is 8.74. The van der Waals surface area contributed by atoms with Crippen molar-refractivity contribution in [3.8, 4) is 0 Å². The highest BCUT2D eigenvalue weighted by Crippen LogP contribution is 2.10. The molecule has 1 heterocycles. The van der Waals surface area contributed by atoms with Crippen LogP contribution in [-0.4, -0.2) is 10.2 Å². The van der Waals surface area contributed by atoms with Gasteiger partial charge in [-0.05, 0) is 12.5 Å². The summed E-state index contributed by atoms with van der Waals surface area (Å²) in [5, 5.41) is 7.40. The second-order valence-corrected chi connectivity index (χ2v) is 3.20. The molecule has 0 spiro atoms. The topological polar surface area (TPSA) is 64.9 Å². The smallest absolute Gasteiger partial charge is 0.312 e. The molecule has 4 nitrogen and oxygen atoms in total. The molecule has 0 saturated carbocycles. The average molecular weight is 189 g/mol. The van der Waals surface area contributed by atoms with E-state index in [1.54, 1.807) is 0 Å². The van der Waals surface area contributed by atoms with Gasteiger partial charge in [0.1, 0.15) is 0 Å². The number of hydrogen-bond acceptors (Lipinski definition) is 4. The minimum Gasteiger partial charge on any atom is -0.408 e. The number of aryl methyl sites for hydroxylation is 1. The molecule has 0 fully saturated rings. The zero-order valence-electron chi connectivity index (χ0n) is 7.90. The van der Waals surface area contributed by atoms with Gasteiger partial charge in [0.2, 0.25) is 5.89 Å². The van der Waals surface area contributed by atoms with Crippen molar-refractivity contribution in [1.29, 1.82) is 0 Å². The maximum atomic E-state index is 5.32. The Morgan fingerprint density at radius 1 is 1.36 bits per heavy atom. The first-order chi connectivity index (χ1) is 6.74. The van der Waals surface area contributed by atoms with E-state index < -0.39 is 0 Å². The van der Waals surface area contributed by atoms with E-state index in [4.69, 9.17) is 10.2 Å². The highest BCUT2D eigenvalue weighted by atomic mass is 16.4. The third-order valence-electron chi connectivity index (χ3n) is 1.92. The Balaban J connectivity index is 2.18. The first-order valence-electron chi connectivity index (χ1n) is 4.37. The van der Waals surface area contributed by atoms with E-state index in [9.17, 15) is 0 Å². The Labute approximate surface area is 81.8 Å². The zero-order valence-corrected chi connectivity index (χ0v) is 7.90. The number of aromatic nitrogens is 2. The Bertz CT molecular complexity index is 436. The molecule has 0 aliphatic rings. The van der Waals surface area contributed by atoms with Crippen LogP contribution in [0.25, 0.3) is 0 Å². The van der Waals surface area contributed by atoms with Gasteiger partial charge in [-0.15, -0.1) is 5.10 Å². The van der Waals surface area contributed by atoms with E-state index in [1.807, 2.05) is 25.1 Å². The van der Waals surface area contributed by atoms with E-state index in [0.29, 0.717) is 12.3 Å². The number of hydrogen-bond donors (Lipinski definition) is 1. The van der Waals surface area contributed by atoms with Gasteiger partial charge in [-0.3, -0.25) is 0 Å². The number of benzene rings is 1.